The zero-order valence-corrected chi connectivity index (χ0v) is 9.90. The van der Waals surface area contributed by atoms with E-state index in [2.05, 4.69) is 36.9 Å². The summed E-state index contributed by atoms with van der Waals surface area (Å²) in [5.41, 5.74) is 3.10. The van der Waals surface area contributed by atoms with Crippen molar-refractivity contribution in [3.63, 3.8) is 0 Å². The van der Waals surface area contributed by atoms with Crippen LogP contribution in [-0.4, -0.2) is 15.0 Å². The predicted octanol–water partition coefficient (Wildman–Crippen LogP) is 3.39. The van der Waals surface area contributed by atoms with Gasteiger partial charge in [0, 0.05) is 45.8 Å². The fourth-order valence-electron chi connectivity index (χ4n) is 1.74. The number of H-pyrrole nitrogens is 1. The molecule has 0 aliphatic rings. The lowest BCUT2D eigenvalue weighted by molar-refractivity contribution is 1.31. The Balaban J connectivity index is 2.29. The molecule has 0 amide bonds. The van der Waals surface area contributed by atoms with E-state index in [1.807, 2.05) is 24.5 Å². The minimum Gasteiger partial charge on any atom is -0.346 e. The Bertz CT molecular complexity index is 631. The highest BCUT2D eigenvalue weighted by Crippen LogP contribution is 2.28. The minimum absolute atomic E-state index is 0.891. The molecule has 0 atom stereocenters. The van der Waals surface area contributed by atoms with Gasteiger partial charge >= 0.3 is 0 Å². The van der Waals surface area contributed by atoms with Crippen LogP contribution >= 0.6 is 15.9 Å². The summed E-state index contributed by atoms with van der Waals surface area (Å²) in [5.74, 6) is 0. The molecule has 4 heteroatoms. The van der Waals surface area contributed by atoms with E-state index in [9.17, 15) is 0 Å². The van der Waals surface area contributed by atoms with E-state index in [0.29, 0.717) is 0 Å². The molecule has 0 aromatic carbocycles. The Hall–Kier alpha value is -1.68. The van der Waals surface area contributed by atoms with Crippen LogP contribution in [0.5, 0.6) is 0 Å². The molecule has 0 saturated carbocycles. The van der Waals surface area contributed by atoms with Gasteiger partial charge in [-0.3, -0.25) is 4.98 Å². The molecule has 1 N–H and O–H groups in total. The highest BCUT2D eigenvalue weighted by Gasteiger charge is 2.06. The number of pyridine rings is 2. The number of hydrogen-bond donors (Lipinski definition) is 1. The van der Waals surface area contributed by atoms with Crippen LogP contribution in [0.3, 0.4) is 0 Å². The smallest absolute Gasteiger partial charge is 0.137 e. The van der Waals surface area contributed by atoms with Gasteiger partial charge in [0.25, 0.3) is 0 Å². The van der Waals surface area contributed by atoms with Crippen molar-refractivity contribution in [3.05, 3.63) is 47.5 Å². The Morgan fingerprint density at radius 1 is 1.25 bits per heavy atom. The molecule has 16 heavy (non-hydrogen) atoms. The molecule has 0 unspecified atom stereocenters. The highest BCUT2D eigenvalue weighted by molar-refractivity contribution is 9.10. The average molecular weight is 274 g/mol. The number of nitrogens with one attached hydrogen (secondary N) is 1. The standard InChI is InChI=1S/C12H8BrN3/c13-9-4-10-11(7-16-12(10)15-6-9)8-2-1-3-14-5-8/h1-7H,(H,15,16). The summed E-state index contributed by atoms with van der Waals surface area (Å²) >= 11 is 3.43. The lowest BCUT2D eigenvalue weighted by atomic mass is 10.1. The number of halogens is 1. The molecule has 0 saturated heterocycles. The first-order valence-electron chi connectivity index (χ1n) is 4.87. The second-order valence-corrected chi connectivity index (χ2v) is 4.41. The zero-order chi connectivity index (χ0) is 11.0. The third kappa shape index (κ3) is 1.51. The van der Waals surface area contributed by atoms with Crippen LogP contribution < -0.4 is 0 Å². The van der Waals surface area contributed by atoms with E-state index >= 15 is 0 Å². The van der Waals surface area contributed by atoms with Crippen molar-refractivity contribution in [2.24, 2.45) is 0 Å². The molecular weight excluding hydrogens is 266 g/mol. The summed E-state index contributed by atoms with van der Waals surface area (Å²) in [6, 6.07) is 6.03. The van der Waals surface area contributed by atoms with Gasteiger partial charge in [0.15, 0.2) is 0 Å². The fraction of sp³-hybridized carbons (Fsp3) is 0. The van der Waals surface area contributed by atoms with Crippen LogP contribution in [0.2, 0.25) is 0 Å². The summed E-state index contributed by atoms with van der Waals surface area (Å²) in [5, 5.41) is 1.10. The van der Waals surface area contributed by atoms with Crippen molar-refractivity contribution < 1.29 is 0 Å². The first-order valence-corrected chi connectivity index (χ1v) is 5.67. The monoisotopic (exact) mass is 273 g/mol. The molecule has 0 aliphatic carbocycles. The molecule has 3 heterocycles. The Morgan fingerprint density at radius 2 is 2.19 bits per heavy atom. The first kappa shape index (κ1) is 9.54. The summed E-state index contributed by atoms with van der Waals surface area (Å²) in [6.07, 6.45) is 7.36. The third-order valence-corrected chi connectivity index (χ3v) is 2.90. The van der Waals surface area contributed by atoms with Crippen molar-refractivity contribution in [1.29, 1.82) is 0 Å². The molecule has 0 fully saturated rings. The number of aromatic nitrogens is 3. The third-order valence-electron chi connectivity index (χ3n) is 2.47. The van der Waals surface area contributed by atoms with Crippen LogP contribution in [0.25, 0.3) is 22.2 Å². The molecule has 3 rings (SSSR count). The molecule has 0 aliphatic heterocycles. The van der Waals surface area contributed by atoms with Gasteiger partial charge in [0.1, 0.15) is 5.65 Å². The molecule has 3 nitrogen and oxygen atoms in total. The number of rotatable bonds is 1. The van der Waals surface area contributed by atoms with Crippen molar-refractivity contribution in [1.82, 2.24) is 15.0 Å². The Labute approximate surface area is 101 Å². The molecule has 0 bridgehead atoms. The quantitative estimate of drug-likeness (QED) is 0.739. The van der Waals surface area contributed by atoms with Gasteiger partial charge in [-0.2, -0.15) is 0 Å². The van der Waals surface area contributed by atoms with Gasteiger partial charge in [-0.05, 0) is 28.1 Å². The number of nitrogens with zero attached hydrogens (tertiary/aromatic N) is 2. The van der Waals surface area contributed by atoms with E-state index < -0.39 is 0 Å². The second kappa shape index (κ2) is 3.72. The van der Waals surface area contributed by atoms with E-state index in [-0.39, 0.29) is 0 Å². The minimum atomic E-state index is 0.891. The summed E-state index contributed by atoms with van der Waals surface area (Å²) in [7, 11) is 0. The van der Waals surface area contributed by atoms with Crippen molar-refractivity contribution >= 4 is 27.0 Å². The van der Waals surface area contributed by atoms with Crippen LogP contribution in [0, 0.1) is 0 Å². The molecule has 0 spiro atoms. The van der Waals surface area contributed by atoms with Crippen LogP contribution in [0.4, 0.5) is 0 Å². The van der Waals surface area contributed by atoms with E-state index in [4.69, 9.17) is 0 Å². The Kier molecular flexibility index (Phi) is 2.22. The van der Waals surface area contributed by atoms with E-state index in [0.717, 1.165) is 26.6 Å². The summed E-state index contributed by atoms with van der Waals surface area (Å²) in [6.45, 7) is 0. The largest absolute Gasteiger partial charge is 0.346 e. The first-order chi connectivity index (χ1) is 7.84. The number of fused-ring (bicyclic) bond motifs is 1. The maximum Gasteiger partial charge on any atom is 0.137 e. The lowest BCUT2D eigenvalue weighted by Gasteiger charge is -1.98. The molecule has 78 valence electrons. The highest BCUT2D eigenvalue weighted by atomic mass is 79.9. The van der Waals surface area contributed by atoms with Gasteiger partial charge in [-0.15, -0.1) is 0 Å². The van der Waals surface area contributed by atoms with Crippen LogP contribution in [-0.2, 0) is 0 Å². The molecular formula is C12H8BrN3. The predicted molar refractivity (Wildman–Crippen MR) is 67.0 cm³/mol. The average Bonchev–Trinajstić information content (AvgIpc) is 2.73. The number of aromatic amines is 1. The summed E-state index contributed by atoms with van der Waals surface area (Å²) < 4.78 is 0.977. The van der Waals surface area contributed by atoms with Crippen molar-refractivity contribution in [3.8, 4) is 11.1 Å². The summed E-state index contributed by atoms with van der Waals surface area (Å²) in [4.78, 5) is 11.6. The van der Waals surface area contributed by atoms with E-state index in [1.54, 1.807) is 12.4 Å². The topological polar surface area (TPSA) is 41.6 Å². The van der Waals surface area contributed by atoms with Crippen LogP contribution in [0.15, 0.2) is 47.5 Å². The second-order valence-electron chi connectivity index (χ2n) is 3.49. The van der Waals surface area contributed by atoms with Gasteiger partial charge in [0.05, 0.1) is 0 Å². The molecule has 3 aromatic rings. The lowest BCUT2D eigenvalue weighted by Crippen LogP contribution is -1.78. The fourth-order valence-corrected chi connectivity index (χ4v) is 2.07. The van der Waals surface area contributed by atoms with Gasteiger partial charge in [-0.1, -0.05) is 6.07 Å². The van der Waals surface area contributed by atoms with Gasteiger partial charge in [0.2, 0.25) is 0 Å². The molecule has 0 radical (unpaired) electrons. The zero-order valence-electron chi connectivity index (χ0n) is 8.31. The normalized spacial score (nSPS) is 10.8. The SMILES string of the molecule is Brc1cnc2[nH]cc(-c3cccnc3)c2c1. The van der Waals surface area contributed by atoms with Crippen molar-refractivity contribution in [2.45, 2.75) is 0 Å². The Morgan fingerprint density at radius 3 is 3.00 bits per heavy atom. The van der Waals surface area contributed by atoms with E-state index in [1.165, 1.54) is 0 Å². The van der Waals surface area contributed by atoms with Crippen molar-refractivity contribution in [2.75, 3.05) is 0 Å². The maximum absolute atomic E-state index is 4.30. The van der Waals surface area contributed by atoms with Gasteiger partial charge < -0.3 is 4.98 Å². The number of hydrogen-bond acceptors (Lipinski definition) is 2. The molecule has 3 aromatic heterocycles. The van der Waals surface area contributed by atoms with Crippen LogP contribution in [0.1, 0.15) is 0 Å². The van der Waals surface area contributed by atoms with Gasteiger partial charge in [-0.25, -0.2) is 4.98 Å². The maximum atomic E-state index is 4.30.